The van der Waals surface area contributed by atoms with Crippen LogP contribution in [0.1, 0.15) is 36.7 Å². The molecule has 5 rings (SSSR count). The number of ketones is 1. The van der Waals surface area contributed by atoms with Crippen LogP contribution in [0.5, 0.6) is 5.75 Å². The van der Waals surface area contributed by atoms with E-state index in [1.165, 1.54) is 9.20 Å². The molecule has 0 aliphatic carbocycles. The lowest BCUT2D eigenvalue weighted by Gasteiger charge is -2.33. The molecule has 1 saturated heterocycles. The van der Waals surface area contributed by atoms with Crippen molar-refractivity contribution in [3.05, 3.63) is 59.7 Å². The number of morpholine rings is 1. The van der Waals surface area contributed by atoms with Gasteiger partial charge >= 0.3 is 0 Å². The van der Waals surface area contributed by atoms with Gasteiger partial charge in [0, 0.05) is 36.6 Å². The van der Waals surface area contributed by atoms with Crippen molar-refractivity contribution in [2.75, 3.05) is 38.3 Å². The lowest BCUT2D eigenvalue weighted by Crippen LogP contribution is -2.37. The number of benzene rings is 1. The Morgan fingerprint density at radius 1 is 1.17 bits per heavy atom. The summed E-state index contributed by atoms with van der Waals surface area (Å²) in [5.41, 5.74) is 2.64. The van der Waals surface area contributed by atoms with Crippen LogP contribution in [0.25, 0.3) is 11.5 Å². The molecule has 0 amide bonds. The van der Waals surface area contributed by atoms with E-state index in [2.05, 4.69) is 40.9 Å². The first-order valence-electron chi connectivity index (χ1n) is 11.8. The minimum atomic E-state index is -0.243. The average molecular weight is 491 g/mol. The number of hydrogen-bond acceptors (Lipinski definition) is 8. The first-order chi connectivity index (χ1) is 17.3. The first-order valence-corrected chi connectivity index (χ1v) is 11.8. The Bertz CT molecular complexity index is 1460. The summed E-state index contributed by atoms with van der Waals surface area (Å²) in [6.07, 6.45) is 5.07. The van der Waals surface area contributed by atoms with Gasteiger partial charge in [-0.2, -0.15) is 4.52 Å². The predicted molar refractivity (Wildman–Crippen MR) is 133 cm³/mol. The highest BCUT2D eigenvalue weighted by atomic mass is 16.5. The quantitative estimate of drug-likeness (QED) is 0.412. The van der Waals surface area contributed by atoms with Gasteiger partial charge in [-0.25, -0.2) is 9.67 Å². The molecule has 1 fully saturated rings. The van der Waals surface area contributed by atoms with Crippen molar-refractivity contribution in [1.82, 2.24) is 28.9 Å². The van der Waals surface area contributed by atoms with E-state index in [1.54, 1.807) is 42.5 Å². The third-order valence-corrected chi connectivity index (χ3v) is 6.29. The van der Waals surface area contributed by atoms with E-state index in [4.69, 9.17) is 14.9 Å². The van der Waals surface area contributed by atoms with Crippen LogP contribution in [0.15, 0.2) is 43.0 Å². The molecular weight excluding hydrogens is 460 g/mol. The van der Waals surface area contributed by atoms with Gasteiger partial charge in [0.05, 0.1) is 26.0 Å². The number of imidazole rings is 1. The molecule has 1 aromatic carbocycles. The summed E-state index contributed by atoms with van der Waals surface area (Å²) in [6.45, 7) is 8.92. The Morgan fingerprint density at radius 2 is 1.94 bits per heavy atom. The zero-order valence-electron chi connectivity index (χ0n) is 20.9. The van der Waals surface area contributed by atoms with Gasteiger partial charge in [-0.15, -0.1) is 10.2 Å². The monoisotopic (exact) mass is 490 g/mol. The van der Waals surface area contributed by atoms with E-state index in [0.29, 0.717) is 30.2 Å². The summed E-state index contributed by atoms with van der Waals surface area (Å²) in [7, 11) is 1.67. The number of methoxy groups -OCH3 is 1. The van der Waals surface area contributed by atoms with E-state index in [-0.39, 0.29) is 23.4 Å². The van der Waals surface area contributed by atoms with Crippen molar-refractivity contribution in [2.24, 2.45) is 0 Å². The van der Waals surface area contributed by atoms with Crippen molar-refractivity contribution < 1.29 is 14.3 Å². The number of anilines is 1. The van der Waals surface area contributed by atoms with Crippen molar-refractivity contribution in [2.45, 2.75) is 32.7 Å². The number of nitrogens with one attached hydrogen (secondary N) is 1. The normalized spacial score (nSPS) is 14.4. The number of Topliss-reactive ketones (excluding diaryl/α,β-unsaturated/α-hetero) is 1. The van der Waals surface area contributed by atoms with Crippen molar-refractivity contribution >= 4 is 17.1 Å². The highest BCUT2D eigenvalue weighted by molar-refractivity contribution is 5.97. The number of nitrogens with zero attached hydrogens (tertiary/aromatic N) is 7. The van der Waals surface area contributed by atoms with Gasteiger partial charge in [0.15, 0.2) is 17.2 Å². The third-order valence-electron chi connectivity index (χ3n) is 6.29. The molecule has 4 heterocycles. The highest BCUT2D eigenvalue weighted by Crippen LogP contribution is 2.40. The molecule has 1 aliphatic rings. The molecule has 0 saturated carbocycles. The molecule has 11 nitrogen and oxygen atoms in total. The van der Waals surface area contributed by atoms with Gasteiger partial charge in [0.1, 0.15) is 18.6 Å². The van der Waals surface area contributed by atoms with Crippen LogP contribution < -0.4 is 15.3 Å². The number of aromatic nitrogens is 6. The molecule has 0 atom stereocenters. The predicted octanol–water partition coefficient (Wildman–Crippen LogP) is 2.22. The summed E-state index contributed by atoms with van der Waals surface area (Å²) in [4.78, 5) is 19.8. The second kappa shape index (κ2) is 9.23. The van der Waals surface area contributed by atoms with Gasteiger partial charge in [0.2, 0.25) is 5.62 Å². The van der Waals surface area contributed by atoms with Gasteiger partial charge in [-0.1, -0.05) is 20.8 Å². The van der Waals surface area contributed by atoms with E-state index in [1.807, 2.05) is 12.1 Å². The molecule has 4 aromatic rings. The third kappa shape index (κ3) is 4.37. The zero-order valence-corrected chi connectivity index (χ0v) is 20.9. The summed E-state index contributed by atoms with van der Waals surface area (Å²) < 4.78 is 15.9. The van der Waals surface area contributed by atoms with Crippen LogP contribution in [0, 0.1) is 5.41 Å². The minimum Gasteiger partial charge on any atom is -0.494 e. The zero-order chi connectivity index (χ0) is 25.4. The maximum absolute atomic E-state index is 13.5. The molecule has 11 heteroatoms. The molecule has 0 unspecified atom stereocenters. The highest BCUT2D eigenvalue weighted by Gasteiger charge is 2.27. The van der Waals surface area contributed by atoms with Crippen LogP contribution in [-0.2, 0) is 16.7 Å². The molecular formula is C25H30N8O3. The van der Waals surface area contributed by atoms with Crippen molar-refractivity contribution in [3.8, 4) is 11.6 Å². The molecule has 0 spiro atoms. The molecule has 188 valence electrons. The molecule has 3 aromatic heterocycles. The van der Waals surface area contributed by atoms with Crippen molar-refractivity contribution in [3.63, 3.8) is 0 Å². The van der Waals surface area contributed by atoms with Gasteiger partial charge in [0.25, 0.3) is 0 Å². The maximum atomic E-state index is 13.5. The molecule has 1 aliphatic heterocycles. The molecule has 36 heavy (non-hydrogen) atoms. The van der Waals surface area contributed by atoms with Gasteiger partial charge < -0.3 is 14.4 Å². The fraction of sp³-hybridized carbons (Fsp3) is 0.400. The standard InChI is InChI=1S/C25H30N8O3/c1-25(2,3)18-13-17(14-19(23(18)35-4)30-9-11-36-12-10-30)20(34)15-32-24(26)33-22(28-32)6-5-21(29-33)31-8-7-27-16-31/h5-8,13-14,16,26H,9-12,15H2,1-4H3. The number of carbonyl (C=O) groups is 1. The smallest absolute Gasteiger partial charge is 0.242 e. The Kier molecular flexibility index (Phi) is 6.09. The average Bonchev–Trinajstić information content (AvgIpc) is 3.52. The topological polar surface area (TPSA) is 116 Å². The van der Waals surface area contributed by atoms with E-state index in [0.717, 1.165) is 30.1 Å². The van der Waals surface area contributed by atoms with Crippen LogP contribution in [0.4, 0.5) is 5.69 Å². The van der Waals surface area contributed by atoms with Gasteiger partial charge in [-0.3, -0.25) is 14.8 Å². The molecule has 0 radical (unpaired) electrons. The Hall–Kier alpha value is -3.99. The molecule has 1 N–H and O–H groups in total. The fourth-order valence-corrected chi connectivity index (χ4v) is 4.37. The van der Waals surface area contributed by atoms with Crippen LogP contribution >= 0.6 is 0 Å². The summed E-state index contributed by atoms with van der Waals surface area (Å²) >= 11 is 0. The number of ether oxygens (including phenoxy) is 2. The van der Waals surface area contributed by atoms with Crippen LogP contribution in [0.3, 0.4) is 0 Å². The first kappa shape index (κ1) is 23.7. The second-order valence-corrected chi connectivity index (χ2v) is 9.76. The summed E-state index contributed by atoms with van der Waals surface area (Å²) in [5, 5.41) is 17.5. The number of rotatable bonds is 6. The Labute approximate surface area is 208 Å². The SMILES string of the molecule is COc1c(N2CCOCC2)cc(C(=O)Cn2nc3ccc(-n4ccnc4)nn3c2=N)cc1C(C)(C)C. The van der Waals surface area contributed by atoms with E-state index in [9.17, 15) is 4.79 Å². The lowest BCUT2D eigenvalue weighted by molar-refractivity contribution is 0.0965. The van der Waals surface area contributed by atoms with Crippen LogP contribution in [0.2, 0.25) is 0 Å². The van der Waals surface area contributed by atoms with E-state index < -0.39 is 0 Å². The fourth-order valence-electron chi connectivity index (χ4n) is 4.37. The number of hydrogen-bond donors (Lipinski definition) is 1. The maximum Gasteiger partial charge on any atom is 0.242 e. The summed E-state index contributed by atoms with van der Waals surface area (Å²) in [6, 6.07) is 7.35. The summed E-state index contributed by atoms with van der Waals surface area (Å²) in [5.74, 6) is 1.23. The van der Waals surface area contributed by atoms with Gasteiger partial charge in [-0.05, 0) is 29.7 Å². The number of carbonyl (C=O) groups excluding carboxylic acids is 1. The minimum absolute atomic E-state index is 0.0123. The second-order valence-electron chi connectivity index (χ2n) is 9.76. The number of fused-ring (bicyclic) bond motifs is 1. The Balaban J connectivity index is 1.52. The Morgan fingerprint density at radius 3 is 2.61 bits per heavy atom. The van der Waals surface area contributed by atoms with Crippen molar-refractivity contribution in [1.29, 1.82) is 5.41 Å². The lowest BCUT2D eigenvalue weighted by atomic mass is 9.84. The largest absolute Gasteiger partial charge is 0.494 e. The molecule has 0 bridgehead atoms. The van der Waals surface area contributed by atoms with Crippen LogP contribution in [-0.4, -0.2) is 68.1 Å². The van der Waals surface area contributed by atoms with E-state index >= 15 is 0 Å².